The molecule has 1 heterocycles. The van der Waals surface area contributed by atoms with Gasteiger partial charge >= 0.3 is 7.60 Å². The number of hydrogen-bond acceptors (Lipinski definition) is 6. The Labute approximate surface area is 182 Å². The van der Waals surface area contributed by atoms with Gasteiger partial charge in [-0.2, -0.15) is 0 Å². The van der Waals surface area contributed by atoms with Crippen molar-refractivity contribution in [2.24, 2.45) is 0 Å². The number of carbonyl (C=O) groups excluding carboxylic acids is 1. The highest BCUT2D eigenvalue weighted by atomic mass is 31.2. The summed E-state index contributed by atoms with van der Waals surface area (Å²) in [6.07, 6.45) is 2.09. The smallest absolute Gasteiger partial charge is 0.353 e. The Morgan fingerprint density at radius 2 is 1.58 bits per heavy atom. The van der Waals surface area contributed by atoms with Crippen LogP contribution in [0.5, 0.6) is 0 Å². The lowest BCUT2D eigenvalue weighted by Crippen LogP contribution is -2.25. The Bertz CT molecular complexity index is 794. The van der Waals surface area contributed by atoms with Crippen LogP contribution in [-0.4, -0.2) is 31.2 Å². The van der Waals surface area contributed by atoms with E-state index in [0.29, 0.717) is 17.7 Å². The molecule has 0 amide bonds. The van der Waals surface area contributed by atoms with Gasteiger partial charge in [-0.15, -0.1) is 0 Å². The van der Waals surface area contributed by atoms with E-state index in [4.69, 9.17) is 18.5 Å². The molecule has 0 aliphatic carbocycles. The Hall–Kier alpha value is -1.89. The number of Topliss-reactive ketones (excluding diaryl/α,β-unsaturated/α-hetero) is 1. The van der Waals surface area contributed by atoms with Crippen molar-refractivity contribution in [3.63, 3.8) is 0 Å². The van der Waals surface area contributed by atoms with Crippen LogP contribution in [0.1, 0.15) is 36.8 Å². The Morgan fingerprint density at radius 1 is 1.00 bits per heavy atom. The van der Waals surface area contributed by atoms with Gasteiger partial charge in [-0.25, -0.2) is 4.39 Å². The SMILES string of the molecule is O=C(CCOC1CCCCO1)C(F)P(=O)(OCc1ccccc1)OCc1ccccc1. The number of halogens is 1. The van der Waals surface area contributed by atoms with Gasteiger partial charge in [-0.3, -0.25) is 9.36 Å². The fraction of sp³-hybridized carbons (Fsp3) is 0.435. The van der Waals surface area contributed by atoms with Crippen molar-refractivity contribution in [2.75, 3.05) is 13.2 Å². The lowest BCUT2D eigenvalue weighted by molar-refractivity contribution is -0.164. The molecule has 1 fully saturated rings. The second-order valence-corrected chi connectivity index (χ2v) is 9.33. The zero-order chi connectivity index (χ0) is 21.9. The number of ether oxygens (including phenoxy) is 2. The van der Waals surface area contributed by atoms with Crippen molar-refractivity contribution >= 4 is 13.4 Å². The average molecular weight is 450 g/mol. The predicted octanol–water partition coefficient (Wildman–Crippen LogP) is 5.41. The molecule has 0 bridgehead atoms. The molecule has 0 aromatic heterocycles. The molecule has 2 aromatic carbocycles. The topological polar surface area (TPSA) is 71.1 Å². The van der Waals surface area contributed by atoms with Crippen molar-refractivity contribution in [1.82, 2.24) is 0 Å². The summed E-state index contributed by atoms with van der Waals surface area (Å²) in [6.45, 7) is 0.335. The molecule has 1 aliphatic rings. The maximum atomic E-state index is 15.1. The third kappa shape index (κ3) is 7.63. The van der Waals surface area contributed by atoms with Crippen LogP contribution >= 0.6 is 7.60 Å². The van der Waals surface area contributed by atoms with Gasteiger partial charge in [0.15, 0.2) is 12.1 Å². The van der Waals surface area contributed by atoms with Crippen LogP contribution in [-0.2, 0) is 41.1 Å². The summed E-state index contributed by atoms with van der Waals surface area (Å²) in [5.41, 5.74) is 1.40. The Balaban J connectivity index is 1.60. The summed E-state index contributed by atoms with van der Waals surface area (Å²) in [7, 11) is -4.37. The first-order valence-electron chi connectivity index (χ1n) is 10.4. The maximum absolute atomic E-state index is 15.1. The summed E-state index contributed by atoms with van der Waals surface area (Å²) in [4.78, 5) is 12.4. The first kappa shape index (κ1) is 23.8. The zero-order valence-electron chi connectivity index (χ0n) is 17.4. The van der Waals surface area contributed by atoms with Crippen molar-refractivity contribution in [3.8, 4) is 0 Å². The molecule has 0 spiro atoms. The molecule has 1 saturated heterocycles. The van der Waals surface area contributed by atoms with Gasteiger partial charge in [-0.05, 0) is 30.4 Å². The number of benzene rings is 2. The largest absolute Gasteiger partial charge is 0.372 e. The van der Waals surface area contributed by atoms with E-state index in [1.807, 2.05) is 12.1 Å². The average Bonchev–Trinajstić information content (AvgIpc) is 2.83. The van der Waals surface area contributed by atoms with Crippen molar-refractivity contribution in [1.29, 1.82) is 0 Å². The van der Waals surface area contributed by atoms with Gasteiger partial charge in [0.2, 0.25) is 0 Å². The van der Waals surface area contributed by atoms with E-state index in [1.54, 1.807) is 48.5 Å². The fourth-order valence-corrected chi connectivity index (χ4v) is 4.55. The molecule has 1 aliphatic heterocycles. The quantitative estimate of drug-likeness (QED) is 0.403. The fourth-order valence-electron chi connectivity index (χ4n) is 3.07. The first-order valence-corrected chi connectivity index (χ1v) is 12.0. The monoisotopic (exact) mass is 450 g/mol. The van der Waals surface area contributed by atoms with Crippen molar-refractivity contribution in [3.05, 3.63) is 71.8 Å². The molecular formula is C23H28FO6P. The molecule has 2 aromatic rings. The minimum absolute atomic E-state index is 0.0126. The summed E-state index contributed by atoms with van der Waals surface area (Å²) in [5, 5.41) is 0. The molecule has 0 saturated carbocycles. The first-order chi connectivity index (χ1) is 15.1. The normalized spacial score (nSPS) is 17.9. The van der Waals surface area contributed by atoms with Gasteiger partial charge in [0.1, 0.15) is 0 Å². The number of alkyl halides is 1. The van der Waals surface area contributed by atoms with E-state index in [1.165, 1.54) is 0 Å². The third-order valence-corrected chi connectivity index (χ3v) is 6.66. The van der Waals surface area contributed by atoms with Crippen LogP contribution in [0.25, 0.3) is 0 Å². The second kappa shape index (κ2) is 12.2. The van der Waals surface area contributed by atoms with E-state index in [-0.39, 0.29) is 32.5 Å². The van der Waals surface area contributed by atoms with E-state index in [9.17, 15) is 9.36 Å². The van der Waals surface area contributed by atoms with Crippen LogP contribution in [0.15, 0.2) is 60.7 Å². The van der Waals surface area contributed by atoms with E-state index < -0.39 is 19.3 Å². The molecule has 31 heavy (non-hydrogen) atoms. The Kier molecular flexibility index (Phi) is 9.37. The maximum Gasteiger partial charge on any atom is 0.372 e. The van der Waals surface area contributed by atoms with Gasteiger partial charge < -0.3 is 18.5 Å². The zero-order valence-corrected chi connectivity index (χ0v) is 18.3. The van der Waals surface area contributed by atoms with Gasteiger partial charge in [0, 0.05) is 13.0 Å². The predicted molar refractivity (Wildman–Crippen MR) is 114 cm³/mol. The lowest BCUT2D eigenvalue weighted by atomic mass is 10.2. The highest BCUT2D eigenvalue weighted by Gasteiger charge is 2.41. The molecule has 0 N–H and O–H groups in total. The lowest BCUT2D eigenvalue weighted by Gasteiger charge is -2.23. The second-order valence-electron chi connectivity index (χ2n) is 7.28. The minimum atomic E-state index is -4.37. The molecule has 8 heteroatoms. The standard InChI is InChI=1S/C23H28FO6P/c24-23(21(25)14-16-28-22-13-7-8-15-27-22)31(26,29-17-19-9-3-1-4-10-19)30-18-20-11-5-2-6-12-20/h1-6,9-12,22-23H,7-8,13-18H2. The van der Waals surface area contributed by atoms with Gasteiger partial charge in [0.25, 0.3) is 5.91 Å². The van der Waals surface area contributed by atoms with Crippen LogP contribution in [0.4, 0.5) is 4.39 Å². The summed E-state index contributed by atoms with van der Waals surface area (Å²) >= 11 is 0. The highest BCUT2D eigenvalue weighted by molar-refractivity contribution is 7.55. The van der Waals surface area contributed by atoms with Crippen LogP contribution in [0.3, 0.4) is 0 Å². The van der Waals surface area contributed by atoms with Crippen molar-refractivity contribution in [2.45, 2.75) is 51.1 Å². The summed E-state index contributed by atoms with van der Waals surface area (Å²) in [5.74, 6) is -3.27. The number of ketones is 1. The van der Waals surface area contributed by atoms with Crippen LogP contribution in [0.2, 0.25) is 0 Å². The van der Waals surface area contributed by atoms with Crippen molar-refractivity contribution < 1.29 is 32.3 Å². The number of hydrogen-bond donors (Lipinski definition) is 0. The van der Waals surface area contributed by atoms with E-state index in [0.717, 1.165) is 19.3 Å². The molecule has 2 atom stereocenters. The molecule has 2 unspecified atom stereocenters. The molecule has 168 valence electrons. The van der Waals surface area contributed by atoms with E-state index >= 15 is 4.39 Å². The highest BCUT2D eigenvalue weighted by Crippen LogP contribution is 2.55. The van der Waals surface area contributed by atoms with Crippen LogP contribution < -0.4 is 0 Å². The summed E-state index contributed by atoms with van der Waals surface area (Å²) in [6, 6.07) is 17.8. The molecular weight excluding hydrogens is 422 g/mol. The number of rotatable bonds is 12. The Morgan fingerprint density at radius 3 is 2.10 bits per heavy atom. The van der Waals surface area contributed by atoms with Gasteiger partial charge in [0.05, 0.1) is 19.8 Å². The van der Waals surface area contributed by atoms with Gasteiger partial charge in [-0.1, -0.05) is 60.7 Å². The number of carbonyl (C=O) groups is 1. The molecule has 0 radical (unpaired) electrons. The van der Waals surface area contributed by atoms with E-state index in [2.05, 4.69) is 0 Å². The van der Waals surface area contributed by atoms with Crippen LogP contribution in [0, 0.1) is 0 Å². The molecule has 3 rings (SSSR count). The third-order valence-electron chi connectivity index (χ3n) is 4.84. The summed E-state index contributed by atoms with van der Waals surface area (Å²) < 4.78 is 50.0. The molecule has 6 nitrogen and oxygen atoms in total. The minimum Gasteiger partial charge on any atom is -0.353 e.